The average Bonchev–Trinajstić information content (AvgIpc) is 3.19. The van der Waals surface area contributed by atoms with Gasteiger partial charge < -0.3 is 9.80 Å². The van der Waals surface area contributed by atoms with Crippen LogP contribution < -0.4 is 0 Å². The molecule has 0 spiro atoms. The van der Waals surface area contributed by atoms with Crippen LogP contribution >= 0.6 is 0 Å². The Bertz CT molecular complexity index is 406. The molecular weight excluding hydrogens is 388 g/mol. The Morgan fingerprint density at radius 1 is 0.406 bits per heavy atom. The monoisotopic (exact) mass is 448 g/mol. The summed E-state index contributed by atoms with van der Waals surface area (Å²) in [5, 5.41) is 0. The lowest BCUT2D eigenvalue weighted by Gasteiger charge is -2.33. The van der Waals surface area contributed by atoms with Gasteiger partial charge in [-0.05, 0) is 25.7 Å². The summed E-state index contributed by atoms with van der Waals surface area (Å²) in [5.74, 6) is 0. The largest absolute Gasteiger partial charge is 0.356 e. The van der Waals surface area contributed by atoms with Crippen molar-refractivity contribution >= 4 is 0 Å². The lowest BCUT2D eigenvalue weighted by Crippen LogP contribution is -2.39. The molecule has 1 unspecified atom stereocenters. The van der Waals surface area contributed by atoms with Crippen LogP contribution in [0.4, 0.5) is 0 Å². The molecule has 2 nitrogen and oxygen atoms in total. The van der Waals surface area contributed by atoms with E-state index in [0.29, 0.717) is 6.17 Å². The minimum absolute atomic E-state index is 0.644. The first-order chi connectivity index (χ1) is 15.8. The Morgan fingerprint density at radius 3 is 1.12 bits per heavy atom. The van der Waals surface area contributed by atoms with Gasteiger partial charge in [0.05, 0.1) is 0 Å². The number of rotatable bonds is 24. The fourth-order valence-electron chi connectivity index (χ4n) is 5.13. The molecule has 1 rings (SSSR count). The van der Waals surface area contributed by atoms with Gasteiger partial charge >= 0.3 is 0 Å². The van der Waals surface area contributed by atoms with E-state index in [1.807, 2.05) is 0 Å². The SMILES string of the molecule is CCCCCCCCCCCCC1N(CCCCCC)C=CN1CCCCCCCCC. The van der Waals surface area contributed by atoms with Crippen LogP contribution in [-0.4, -0.2) is 29.1 Å². The van der Waals surface area contributed by atoms with E-state index in [9.17, 15) is 0 Å². The molecule has 0 radical (unpaired) electrons. The standard InChI is InChI=1S/C30H60N2/c1-4-7-10-13-15-16-17-18-20-22-25-30-31(26-23-12-9-6-3)28-29-32(30)27-24-21-19-14-11-8-5-2/h28-30H,4-27H2,1-3H3. The molecule has 0 N–H and O–H groups in total. The van der Waals surface area contributed by atoms with Crippen LogP contribution in [0.5, 0.6) is 0 Å². The average molecular weight is 449 g/mol. The van der Waals surface area contributed by atoms with E-state index in [1.54, 1.807) is 0 Å². The van der Waals surface area contributed by atoms with Gasteiger partial charge in [-0.25, -0.2) is 0 Å². The maximum Gasteiger partial charge on any atom is 0.101 e. The van der Waals surface area contributed by atoms with Crippen LogP contribution in [-0.2, 0) is 0 Å². The quantitative estimate of drug-likeness (QED) is 0.135. The van der Waals surface area contributed by atoms with Crippen LogP contribution in [0, 0.1) is 0 Å². The molecule has 0 aromatic carbocycles. The summed E-state index contributed by atoms with van der Waals surface area (Å²) in [6, 6.07) is 0. The van der Waals surface area contributed by atoms with Gasteiger partial charge in [-0.15, -0.1) is 0 Å². The summed E-state index contributed by atoms with van der Waals surface area (Å²) in [6.45, 7) is 9.45. The number of hydrogen-bond donors (Lipinski definition) is 0. The topological polar surface area (TPSA) is 6.48 Å². The summed E-state index contributed by atoms with van der Waals surface area (Å²) < 4.78 is 0. The maximum atomic E-state index is 2.68. The fourth-order valence-corrected chi connectivity index (χ4v) is 5.13. The van der Waals surface area contributed by atoms with Gasteiger partial charge in [-0.1, -0.05) is 136 Å². The molecule has 0 bridgehead atoms. The van der Waals surface area contributed by atoms with E-state index < -0.39 is 0 Å². The third-order valence-electron chi connectivity index (χ3n) is 7.32. The van der Waals surface area contributed by atoms with Crippen molar-refractivity contribution in [2.75, 3.05) is 13.1 Å². The third kappa shape index (κ3) is 15.2. The molecule has 0 aromatic rings. The lowest BCUT2D eigenvalue weighted by atomic mass is 10.0. The minimum atomic E-state index is 0.644. The molecule has 1 heterocycles. The summed E-state index contributed by atoms with van der Waals surface area (Å²) in [6.07, 6.45) is 36.5. The van der Waals surface area contributed by atoms with E-state index in [0.717, 1.165) is 0 Å². The number of unbranched alkanes of at least 4 members (excludes halogenated alkanes) is 18. The van der Waals surface area contributed by atoms with Crippen LogP contribution in [0.1, 0.15) is 162 Å². The third-order valence-corrected chi connectivity index (χ3v) is 7.32. The molecule has 0 fully saturated rings. The Morgan fingerprint density at radius 2 is 0.719 bits per heavy atom. The fraction of sp³-hybridized carbons (Fsp3) is 0.933. The molecule has 1 atom stereocenters. The summed E-state index contributed by atoms with van der Waals surface area (Å²) in [4.78, 5) is 5.35. The molecule has 190 valence electrons. The van der Waals surface area contributed by atoms with Gasteiger partial charge in [0.1, 0.15) is 6.17 Å². The Balaban J connectivity index is 2.23. The van der Waals surface area contributed by atoms with Gasteiger partial charge in [0.15, 0.2) is 0 Å². The van der Waals surface area contributed by atoms with Gasteiger partial charge in [-0.3, -0.25) is 0 Å². The summed E-state index contributed by atoms with van der Waals surface area (Å²) in [5.41, 5.74) is 0. The maximum absolute atomic E-state index is 2.68. The van der Waals surface area contributed by atoms with Gasteiger partial charge in [0.2, 0.25) is 0 Å². The van der Waals surface area contributed by atoms with Crippen molar-refractivity contribution in [2.45, 2.75) is 168 Å². The zero-order chi connectivity index (χ0) is 23.1. The van der Waals surface area contributed by atoms with E-state index in [-0.39, 0.29) is 0 Å². The number of hydrogen-bond acceptors (Lipinski definition) is 2. The minimum Gasteiger partial charge on any atom is -0.356 e. The molecule has 2 heteroatoms. The Kier molecular flexibility index (Phi) is 20.3. The Labute approximate surface area is 203 Å². The molecular formula is C30H60N2. The van der Waals surface area contributed by atoms with Crippen LogP contribution in [0.25, 0.3) is 0 Å². The first-order valence-corrected chi connectivity index (χ1v) is 15.0. The Hall–Kier alpha value is -0.660. The van der Waals surface area contributed by atoms with E-state index in [2.05, 4.69) is 43.0 Å². The predicted molar refractivity (Wildman–Crippen MR) is 145 cm³/mol. The highest BCUT2D eigenvalue weighted by molar-refractivity contribution is 4.97. The molecule has 0 amide bonds. The van der Waals surface area contributed by atoms with Gasteiger partial charge in [0, 0.05) is 25.5 Å². The normalized spacial score (nSPS) is 15.9. The molecule has 0 aliphatic carbocycles. The van der Waals surface area contributed by atoms with Crippen molar-refractivity contribution in [1.29, 1.82) is 0 Å². The zero-order valence-electron chi connectivity index (χ0n) is 22.6. The highest BCUT2D eigenvalue weighted by Gasteiger charge is 2.24. The van der Waals surface area contributed by atoms with E-state index in [1.165, 1.54) is 154 Å². The second-order valence-electron chi connectivity index (χ2n) is 10.4. The van der Waals surface area contributed by atoms with Gasteiger partial charge in [0.25, 0.3) is 0 Å². The summed E-state index contributed by atoms with van der Waals surface area (Å²) >= 11 is 0. The van der Waals surface area contributed by atoms with Crippen molar-refractivity contribution in [3.05, 3.63) is 12.4 Å². The molecule has 1 aliphatic rings. The molecule has 1 aliphatic heterocycles. The summed E-state index contributed by atoms with van der Waals surface area (Å²) in [7, 11) is 0. The zero-order valence-corrected chi connectivity index (χ0v) is 22.6. The highest BCUT2D eigenvalue weighted by Crippen LogP contribution is 2.24. The second kappa shape index (κ2) is 22.1. The van der Waals surface area contributed by atoms with Crippen LogP contribution in [0.15, 0.2) is 12.4 Å². The first-order valence-electron chi connectivity index (χ1n) is 15.0. The highest BCUT2D eigenvalue weighted by atomic mass is 15.4. The van der Waals surface area contributed by atoms with Crippen LogP contribution in [0.2, 0.25) is 0 Å². The second-order valence-corrected chi connectivity index (χ2v) is 10.4. The van der Waals surface area contributed by atoms with Crippen LogP contribution in [0.3, 0.4) is 0 Å². The first kappa shape index (κ1) is 29.4. The smallest absolute Gasteiger partial charge is 0.101 e. The molecule has 0 saturated heterocycles. The van der Waals surface area contributed by atoms with Gasteiger partial charge in [-0.2, -0.15) is 0 Å². The molecule has 32 heavy (non-hydrogen) atoms. The molecule has 0 saturated carbocycles. The van der Waals surface area contributed by atoms with Crippen molar-refractivity contribution in [1.82, 2.24) is 9.80 Å². The molecule has 0 aromatic heterocycles. The van der Waals surface area contributed by atoms with E-state index in [4.69, 9.17) is 0 Å². The van der Waals surface area contributed by atoms with E-state index >= 15 is 0 Å². The van der Waals surface area contributed by atoms with Crippen molar-refractivity contribution in [3.8, 4) is 0 Å². The predicted octanol–water partition coefficient (Wildman–Crippen LogP) is 10.0. The van der Waals surface area contributed by atoms with Crippen molar-refractivity contribution in [3.63, 3.8) is 0 Å². The number of nitrogens with zero attached hydrogens (tertiary/aromatic N) is 2. The lowest BCUT2D eigenvalue weighted by molar-refractivity contribution is 0.135. The van der Waals surface area contributed by atoms with Crippen molar-refractivity contribution in [2.24, 2.45) is 0 Å². The van der Waals surface area contributed by atoms with Crippen molar-refractivity contribution < 1.29 is 0 Å².